The third-order valence-electron chi connectivity index (χ3n) is 10.4. The Morgan fingerprint density at radius 3 is 2.40 bits per heavy atom. The fourth-order valence-corrected chi connectivity index (χ4v) is 9.32. The zero-order valence-electron chi connectivity index (χ0n) is 32.6. The number of halogens is 2. The second-order valence-corrected chi connectivity index (χ2v) is 17.5. The predicted octanol–water partition coefficient (Wildman–Crippen LogP) is 5.68. The first-order valence-electron chi connectivity index (χ1n) is 18.9. The lowest BCUT2D eigenvalue weighted by Crippen LogP contribution is -2.49. The summed E-state index contributed by atoms with van der Waals surface area (Å²) in [7, 11) is -0.0179. The summed E-state index contributed by atoms with van der Waals surface area (Å²) in [6.45, 7) is 3.63. The Bertz CT molecular complexity index is 2380. The molecule has 2 aromatic carbocycles. The lowest BCUT2D eigenvalue weighted by atomic mass is 9.94. The van der Waals surface area contributed by atoms with E-state index in [0.29, 0.717) is 73.1 Å². The molecule has 4 heterocycles. The Morgan fingerprint density at radius 2 is 1.67 bits per heavy atom. The van der Waals surface area contributed by atoms with Crippen molar-refractivity contribution in [1.82, 2.24) is 30.2 Å². The largest absolute Gasteiger partial charge is 0.481 e. The topological polar surface area (TPSA) is 173 Å². The van der Waals surface area contributed by atoms with Gasteiger partial charge in [0, 0.05) is 80.6 Å². The van der Waals surface area contributed by atoms with Crippen molar-refractivity contribution in [2.45, 2.75) is 57.8 Å². The van der Waals surface area contributed by atoms with Crippen LogP contribution in [0.2, 0.25) is 10.0 Å². The van der Waals surface area contributed by atoms with Gasteiger partial charge in [-0.3, -0.25) is 24.0 Å². The smallest absolute Gasteiger partial charge is 0.260 e. The minimum Gasteiger partial charge on any atom is -0.481 e. The van der Waals surface area contributed by atoms with Crippen molar-refractivity contribution in [3.05, 3.63) is 86.9 Å². The molecule has 0 saturated carbocycles. The Kier molecular flexibility index (Phi) is 12.5. The number of hydrogen-bond acceptors (Lipinski definition) is 11. The van der Waals surface area contributed by atoms with Gasteiger partial charge < -0.3 is 24.8 Å². The highest BCUT2D eigenvalue weighted by Gasteiger charge is 2.35. The molecule has 2 saturated heterocycles. The molecule has 0 spiro atoms. The van der Waals surface area contributed by atoms with Crippen molar-refractivity contribution < 1.29 is 32.8 Å². The first-order chi connectivity index (χ1) is 27.8. The molecule has 2 aliphatic heterocycles. The summed E-state index contributed by atoms with van der Waals surface area (Å²) in [4.78, 5) is 46.9. The molecule has 2 aromatic heterocycles. The number of nitrogens with one attached hydrogen (secondary N) is 3. The lowest BCUT2D eigenvalue weighted by molar-refractivity contribution is -0.126. The zero-order chi connectivity index (χ0) is 41.1. The molecule has 1 aliphatic carbocycles. The van der Waals surface area contributed by atoms with Crippen LogP contribution in [0, 0.1) is 5.92 Å². The molecule has 2 fully saturated rings. The average molecular weight is 851 g/mol. The van der Waals surface area contributed by atoms with Crippen LogP contribution in [0.5, 0.6) is 17.6 Å². The standard InChI is InChI=1S/C41H45Cl2N7O7S/c1-23(51)48-58(4,54)49-38(53)26-21-50(22-26)20-25-17-33(42)41(47-40(25)56-3)57-35-15-13-29-28(7-5-8-30(29)35)31-9-6-10-32(37(31)43)34-14-11-24(39(46-34)55-2)18-44-19-27-12-16-36(52)45-27/h5-11,14,17,26-27,35,44H,12-13,15-16,18-22H2,1-4H3,(H,45,52)(H,48,49,51,53,54)/t27-,35-,58?/m0/s1. The minimum absolute atomic E-state index is 0.0909. The van der Waals surface area contributed by atoms with Gasteiger partial charge in [-0.15, -0.1) is 4.36 Å². The monoisotopic (exact) mass is 849 g/mol. The first-order valence-corrected chi connectivity index (χ1v) is 21.6. The average Bonchev–Trinajstić information content (AvgIpc) is 3.78. The molecule has 3 aliphatic rings. The van der Waals surface area contributed by atoms with E-state index in [1.807, 2.05) is 41.3 Å². The van der Waals surface area contributed by atoms with Gasteiger partial charge >= 0.3 is 0 Å². The lowest BCUT2D eigenvalue weighted by Gasteiger charge is -2.37. The highest BCUT2D eigenvalue weighted by molar-refractivity contribution is 7.91. The Balaban J connectivity index is 1.03. The normalized spacial score (nSPS) is 18.8. The van der Waals surface area contributed by atoms with Crippen LogP contribution in [0.4, 0.5) is 0 Å². The number of carbonyl (C=O) groups is 3. The van der Waals surface area contributed by atoms with Crippen LogP contribution in [0.15, 0.2) is 59.0 Å². The molecule has 0 bridgehead atoms. The van der Waals surface area contributed by atoms with E-state index in [1.165, 1.54) is 20.3 Å². The number of hydrogen-bond donors (Lipinski definition) is 3. The molecule has 306 valence electrons. The van der Waals surface area contributed by atoms with Crippen LogP contribution in [-0.2, 0) is 43.8 Å². The number of amides is 3. The third-order valence-corrected chi connectivity index (χ3v) is 12.3. The van der Waals surface area contributed by atoms with E-state index in [-0.39, 0.29) is 23.9 Å². The van der Waals surface area contributed by atoms with E-state index in [9.17, 15) is 18.6 Å². The summed E-state index contributed by atoms with van der Waals surface area (Å²) >= 11 is 14.0. The van der Waals surface area contributed by atoms with Gasteiger partial charge in [0.25, 0.3) is 5.91 Å². The van der Waals surface area contributed by atoms with E-state index < -0.39 is 27.6 Å². The number of nitrogens with zero attached hydrogens (tertiary/aromatic N) is 4. The number of benzene rings is 2. The van der Waals surface area contributed by atoms with Gasteiger partial charge in [0.1, 0.15) is 21.0 Å². The molecule has 3 amide bonds. The van der Waals surface area contributed by atoms with Crippen molar-refractivity contribution in [1.29, 1.82) is 0 Å². The maximum absolute atomic E-state index is 12.6. The molecule has 58 heavy (non-hydrogen) atoms. The van der Waals surface area contributed by atoms with E-state index in [0.717, 1.165) is 51.8 Å². The van der Waals surface area contributed by atoms with Crippen molar-refractivity contribution in [2.75, 3.05) is 40.1 Å². The second kappa shape index (κ2) is 17.6. The maximum Gasteiger partial charge on any atom is 0.260 e. The quantitative estimate of drug-likeness (QED) is 0.143. The highest BCUT2D eigenvalue weighted by Crippen LogP contribution is 2.45. The van der Waals surface area contributed by atoms with E-state index in [4.69, 9.17) is 42.4 Å². The van der Waals surface area contributed by atoms with Crippen molar-refractivity contribution in [3.8, 4) is 40.0 Å². The molecule has 3 N–H and O–H groups in total. The molecule has 1 unspecified atom stereocenters. The molecule has 0 radical (unpaired) electrons. The summed E-state index contributed by atoms with van der Waals surface area (Å²) in [5.41, 5.74) is 7.11. The van der Waals surface area contributed by atoms with Crippen LogP contribution in [0.3, 0.4) is 0 Å². The van der Waals surface area contributed by atoms with Crippen molar-refractivity contribution in [3.63, 3.8) is 0 Å². The Hall–Kier alpha value is -4.80. The van der Waals surface area contributed by atoms with Crippen LogP contribution < -0.4 is 29.6 Å². The molecular formula is C41H45Cl2N7O7S. The van der Waals surface area contributed by atoms with Gasteiger partial charge in [-0.05, 0) is 48.1 Å². The summed E-state index contributed by atoms with van der Waals surface area (Å²) in [6, 6.07) is 17.9. The van der Waals surface area contributed by atoms with Gasteiger partial charge in [-0.25, -0.2) is 9.19 Å². The van der Waals surface area contributed by atoms with E-state index in [1.54, 1.807) is 13.2 Å². The highest BCUT2D eigenvalue weighted by atomic mass is 35.5. The number of likely N-dealkylation sites (tertiary alicyclic amines) is 1. The third kappa shape index (κ3) is 9.24. The Labute approximate surface area is 347 Å². The summed E-state index contributed by atoms with van der Waals surface area (Å²) < 4.78 is 36.1. The van der Waals surface area contributed by atoms with Gasteiger partial charge in [0.05, 0.1) is 30.9 Å². The molecule has 17 heteroatoms. The van der Waals surface area contributed by atoms with Gasteiger partial charge in [-0.2, -0.15) is 4.98 Å². The number of methoxy groups -OCH3 is 2. The summed E-state index contributed by atoms with van der Waals surface area (Å²) in [6.07, 6.45) is 3.75. The zero-order valence-corrected chi connectivity index (χ0v) is 34.9. The minimum atomic E-state index is -3.14. The number of ether oxygens (including phenoxy) is 3. The maximum atomic E-state index is 12.6. The predicted molar refractivity (Wildman–Crippen MR) is 221 cm³/mol. The van der Waals surface area contributed by atoms with Crippen LogP contribution in [0.25, 0.3) is 22.4 Å². The van der Waals surface area contributed by atoms with Gasteiger partial charge in [0.2, 0.25) is 29.5 Å². The van der Waals surface area contributed by atoms with Crippen molar-refractivity contribution >= 4 is 50.8 Å². The summed E-state index contributed by atoms with van der Waals surface area (Å²) in [5.74, 6) is -0.271. The summed E-state index contributed by atoms with van der Waals surface area (Å²) in [5, 5.41) is 7.27. The fourth-order valence-electron chi connectivity index (χ4n) is 7.70. The number of rotatable bonds is 14. The number of carbonyl (C=O) groups excluding carboxylic acids is 3. The first kappa shape index (κ1) is 41.4. The SMILES string of the molecule is COc1nc(-c2cccc(-c3cccc4c3CC[C@@H]4Oc3nc(OC)c(CN4CC(C(=O)N=S(C)(=O)NC(C)=O)C4)cc3Cl)c2Cl)ccc1CNC[C@@H]1CCC(=O)N1. The van der Waals surface area contributed by atoms with E-state index in [2.05, 4.69) is 36.8 Å². The Morgan fingerprint density at radius 1 is 0.948 bits per heavy atom. The van der Waals surface area contributed by atoms with Crippen molar-refractivity contribution in [2.24, 2.45) is 10.3 Å². The van der Waals surface area contributed by atoms with Gasteiger partial charge in [-0.1, -0.05) is 65.7 Å². The molecule has 4 aromatic rings. The molecule has 7 rings (SSSR count). The molecular weight excluding hydrogens is 805 g/mol. The number of pyridine rings is 2. The van der Waals surface area contributed by atoms with Crippen LogP contribution in [-0.4, -0.2) is 82.9 Å². The van der Waals surface area contributed by atoms with Gasteiger partial charge in [0.15, 0.2) is 0 Å². The second-order valence-electron chi connectivity index (χ2n) is 14.7. The van der Waals surface area contributed by atoms with Crippen LogP contribution >= 0.6 is 23.2 Å². The number of aromatic nitrogens is 2. The molecule has 3 atom stereocenters. The number of fused-ring (bicyclic) bond motifs is 1. The molecule has 14 nitrogen and oxygen atoms in total. The fraction of sp³-hybridized carbons (Fsp3) is 0.390. The van der Waals surface area contributed by atoms with Crippen LogP contribution in [0.1, 0.15) is 54.5 Å². The van der Waals surface area contributed by atoms with E-state index >= 15 is 0 Å².